The van der Waals surface area contributed by atoms with Crippen LogP contribution in [-0.2, 0) is 0 Å². The van der Waals surface area contributed by atoms with Crippen LogP contribution in [0.3, 0.4) is 0 Å². The molecule has 68 valence electrons. The Hall–Kier alpha value is -1.17. The number of hydrogen-bond donors (Lipinski definition) is 3. The van der Waals surface area contributed by atoms with E-state index in [0.29, 0.717) is 0 Å². The number of rotatable bonds is 1. The number of H-pyrrole nitrogens is 1. The van der Waals surface area contributed by atoms with E-state index in [1.54, 1.807) is 0 Å². The zero-order valence-electron chi connectivity index (χ0n) is 6.02. The van der Waals surface area contributed by atoms with Crippen LogP contribution in [0.5, 0.6) is 0 Å². The molecule has 1 heterocycles. The quantitative estimate of drug-likeness (QED) is 0.605. The highest BCUT2D eigenvalue weighted by Gasteiger charge is 2.39. The smallest absolute Gasteiger partial charge is 0.397 e. The first-order valence-electron chi connectivity index (χ1n) is 3.18. The lowest BCUT2D eigenvalue weighted by Crippen LogP contribution is -2.29. The number of aromatic amines is 1. The first-order valence-corrected chi connectivity index (χ1v) is 3.18. The lowest BCUT2D eigenvalue weighted by molar-refractivity contribution is -0.149. The summed E-state index contributed by atoms with van der Waals surface area (Å²) in [5.74, 6) is 0. The van der Waals surface area contributed by atoms with Crippen molar-refractivity contribution in [3.8, 4) is 0 Å². The summed E-state index contributed by atoms with van der Waals surface area (Å²) in [6, 6.07) is -0.700. The monoisotopic (exact) mass is 179 g/mol. The molecule has 0 saturated heterocycles. The van der Waals surface area contributed by atoms with Gasteiger partial charge in [0, 0.05) is 6.20 Å². The van der Waals surface area contributed by atoms with Crippen molar-refractivity contribution < 1.29 is 13.2 Å². The standard InChI is InChI=1S/C6H8F3N3/c7-6(8,9)5(11)4-3(10)1-2-12-4/h1-2,5,12H,10-11H2. The van der Waals surface area contributed by atoms with Gasteiger partial charge in [0.1, 0.15) is 6.04 Å². The van der Waals surface area contributed by atoms with E-state index < -0.39 is 12.2 Å². The minimum atomic E-state index is -4.46. The van der Waals surface area contributed by atoms with Crippen LogP contribution in [0.2, 0.25) is 0 Å². The van der Waals surface area contributed by atoms with Gasteiger partial charge in [-0.05, 0) is 6.07 Å². The molecule has 1 aromatic rings. The zero-order valence-corrected chi connectivity index (χ0v) is 6.02. The molecule has 0 aliphatic heterocycles. The van der Waals surface area contributed by atoms with Crippen LogP contribution in [0.1, 0.15) is 11.7 Å². The third-order valence-corrected chi connectivity index (χ3v) is 1.48. The van der Waals surface area contributed by atoms with Crippen LogP contribution in [0.25, 0.3) is 0 Å². The minimum Gasteiger partial charge on any atom is -0.397 e. The second-order valence-corrected chi connectivity index (χ2v) is 2.37. The molecular formula is C6H8F3N3. The van der Waals surface area contributed by atoms with Crippen LogP contribution in [-0.4, -0.2) is 11.2 Å². The van der Waals surface area contributed by atoms with Crippen molar-refractivity contribution in [2.75, 3.05) is 5.73 Å². The van der Waals surface area contributed by atoms with Gasteiger partial charge in [-0.3, -0.25) is 0 Å². The molecule has 0 aromatic carbocycles. The Labute approximate surface area is 66.5 Å². The van der Waals surface area contributed by atoms with Crippen LogP contribution in [0, 0.1) is 0 Å². The third kappa shape index (κ3) is 1.53. The Bertz CT molecular complexity index is 265. The van der Waals surface area contributed by atoms with Crippen molar-refractivity contribution >= 4 is 5.69 Å². The fourth-order valence-corrected chi connectivity index (χ4v) is 0.827. The SMILES string of the molecule is Nc1cc[nH]c1C(N)C(F)(F)F. The minimum absolute atomic E-state index is 0.0276. The molecule has 5 N–H and O–H groups in total. The van der Waals surface area contributed by atoms with Crippen LogP contribution in [0.15, 0.2) is 12.3 Å². The van der Waals surface area contributed by atoms with E-state index in [0.717, 1.165) is 0 Å². The molecule has 0 amide bonds. The summed E-state index contributed by atoms with van der Waals surface area (Å²) in [4.78, 5) is 2.34. The topological polar surface area (TPSA) is 67.8 Å². The van der Waals surface area contributed by atoms with Gasteiger partial charge in [0.05, 0.1) is 11.4 Å². The summed E-state index contributed by atoms with van der Waals surface area (Å²) in [5, 5.41) is 0. The first-order chi connectivity index (χ1) is 5.43. The van der Waals surface area contributed by atoms with Crippen molar-refractivity contribution in [2.24, 2.45) is 5.73 Å². The number of nitrogens with two attached hydrogens (primary N) is 2. The summed E-state index contributed by atoms with van der Waals surface area (Å²) in [6.07, 6.45) is -3.14. The van der Waals surface area contributed by atoms with Crippen molar-refractivity contribution in [2.45, 2.75) is 12.2 Å². The average molecular weight is 179 g/mol. The highest BCUT2D eigenvalue weighted by atomic mass is 19.4. The Balaban J connectivity index is 2.92. The molecule has 0 saturated carbocycles. The molecule has 1 rings (SSSR count). The second kappa shape index (κ2) is 2.71. The van der Waals surface area contributed by atoms with E-state index in [2.05, 4.69) is 4.98 Å². The first kappa shape index (κ1) is 8.92. The number of alkyl halides is 3. The molecule has 0 aliphatic rings. The van der Waals surface area contributed by atoms with Crippen LogP contribution >= 0.6 is 0 Å². The van der Waals surface area contributed by atoms with Gasteiger partial charge in [0.25, 0.3) is 0 Å². The van der Waals surface area contributed by atoms with Crippen molar-refractivity contribution in [3.05, 3.63) is 18.0 Å². The zero-order chi connectivity index (χ0) is 9.35. The number of halogens is 3. The summed E-state index contributed by atoms with van der Waals surface area (Å²) in [5.41, 5.74) is 9.94. The van der Waals surface area contributed by atoms with Gasteiger partial charge in [-0.15, -0.1) is 0 Å². The van der Waals surface area contributed by atoms with Crippen molar-refractivity contribution in [1.82, 2.24) is 4.98 Å². The molecule has 0 radical (unpaired) electrons. The summed E-state index contributed by atoms with van der Waals surface area (Å²) < 4.78 is 36.0. The van der Waals surface area contributed by atoms with Gasteiger partial charge in [-0.1, -0.05) is 0 Å². The van der Waals surface area contributed by atoms with Gasteiger partial charge in [-0.2, -0.15) is 13.2 Å². The highest BCUT2D eigenvalue weighted by molar-refractivity contribution is 5.45. The maximum absolute atomic E-state index is 12.0. The molecule has 0 bridgehead atoms. The van der Waals surface area contributed by atoms with Crippen molar-refractivity contribution in [1.29, 1.82) is 0 Å². The second-order valence-electron chi connectivity index (χ2n) is 2.37. The Kier molecular flexibility index (Phi) is 2.01. The molecule has 6 heteroatoms. The molecular weight excluding hydrogens is 171 g/mol. The molecule has 1 unspecified atom stereocenters. The van der Waals surface area contributed by atoms with E-state index >= 15 is 0 Å². The van der Waals surface area contributed by atoms with Gasteiger partial charge in [-0.25, -0.2) is 0 Å². The molecule has 3 nitrogen and oxygen atoms in total. The lowest BCUT2D eigenvalue weighted by Gasteiger charge is -2.14. The molecule has 0 spiro atoms. The molecule has 1 atom stereocenters. The predicted molar refractivity (Wildman–Crippen MR) is 38.2 cm³/mol. The lowest BCUT2D eigenvalue weighted by atomic mass is 10.2. The van der Waals surface area contributed by atoms with E-state index in [9.17, 15) is 13.2 Å². The largest absolute Gasteiger partial charge is 0.409 e. The van der Waals surface area contributed by atoms with Crippen LogP contribution < -0.4 is 11.5 Å². The maximum Gasteiger partial charge on any atom is 0.409 e. The molecule has 12 heavy (non-hydrogen) atoms. The predicted octanol–water partition coefficient (Wildman–Crippen LogP) is 1.16. The molecule has 0 aliphatic carbocycles. The number of nitrogen functional groups attached to an aromatic ring is 1. The Morgan fingerprint density at radius 2 is 2.00 bits per heavy atom. The van der Waals surface area contributed by atoms with E-state index in [1.165, 1.54) is 12.3 Å². The Morgan fingerprint density at radius 1 is 1.42 bits per heavy atom. The summed E-state index contributed by atoms with van der Waals surface area (Å²) in [6.45, 7) is 0. The normalized spacial score (nSPS) is 14.7. The summed E-state index contributed by atoms with van der Waals surface area (Å²) in [7, 11) is 0. The average Bonchev–Trinajstić information content (AvgIpc) is 2.31. The maximum atomic E-state index is 12.0. The number of hydrogen-bond acceptors (Lipinski definition) is 2. The number of nitrogens with one attached hydrogen (secondary N) is 1. The fraction of sp³-hybridized carbons (Fsp3) is 0.333. The van der Waals surface area contributed by atoms with Crippen molar-refractivity contribution in [3.63, 3.8) is 0 Å². The molecule has 0 fully saturated rings. The fourth-order valence-electron chi connectivity index (χ4n) is 0.827. The number of aromatic nitrogens is 1. The van der Waals surface area contributed by atoms with E-state index in [1.807, 2.05) is 0 Å². The third-order valence-electron chi connectivity index (χ3n) is 1.48. The van der Waals surface area contributed by atoms with E-state index in [4.69, 9.17) is 11.5 Å². The van der Waals surface area contributed by atoms with Gasteiger partial charge in [0.2, 0.25) is 0 Å². The summed E-state index contributed by atoms with van der Waals surface area (Å²) >= 11 is 0. The highest BCUT2D eigenvalue weighted by Crippen LogP contribution is 2.31. The van der Waals surface area contributed by atoms with Gasteiger partial charge >= 0.3 is 6.18 Å². The Morgan fingerprint density at radius 3 is 2.33 bits per heavy atom. The van der Waals surface area contributed by atoms with Gasteiger partial charge in [0.15, 0.2) is 0 Å². The number of anilines is 1. The van der Waals surface area contributed by atoms with Gasteiger partial charge < -0.3 is 16.5 Å². The molecule has 1 aromatic heterocycles. The van der Waals surface area contributed by atoms with E-state index in [-0.39, 0.29) is 11.4 Å². The van der Waals surface area contributed by atoms with Crippen LogP contribution in [0.4, 0.5) is 18.9 Å².